The molecule has 0 fully saturated rings. The Morgan fingerprint density at radius 3 is 2.37 bits per heavy atom. The number of benzene rings is 2. The van der Waals surface area contributed by atoms with Gasteiger partial charge in [-0.3, -0.25) is 9.55 Å². The second-order valence-corrected chi connectivity index (χ2v) is 8.55. The number of pyridine rings is 1. The molecule has 27 heavy (non-hydrogen) atoms. The van der Waals surface area contributed by atoms with Crippen molar-refractivity contribution in [2.75, 3.05) is 0 Å². The third-order valence-electron chi connectivity index (χ3n) is 3.91. The van der Waals surface area contributed by atoms with E-state index >= 15 is 0 Å². The summed E-state index contributed by atoms with van der Waals surface area (Å²) in [4.78, 5) is 4.10. The van der Waals surface area contributed by atoms with Gasteiger partial charge in [0.25, 0.3) is 0 Å². The van der Waals surface area contributed by atoms with Crippen molar-refractivity contribution in [3.8, 4) is 17.1 Å². The first kappa shape index (κ1) is 18.4. The number of hydrogen-bond acceptors (Lipinski definition) is 4. The first-order chi connectivity index (χ1) is 13.2. The average Bonchev–Trinajstić information content (AvgIpc) is 3.12. The summed E-state index contributed by atoms with van der Waals surface area (Å²) in [5.74, 6) is 1.61. The molecule has 0 aliphatic rings. The van der Waals surface area contributed by atoms with Crippen LogP contribution < -0.4 is 0 Å². The van der Waals surface area contributed by atoms with E-state index in [4.69, 9.17) is 0 Å². The normalized spacial score (nSPS) is 10.9. The molecule has 2 aromatic carbocycles. The molecule has 4 nitrogen and oxygen atoms in total. The van der Waals surface area contributed by atoms with E-state index in [1.807, 2.05) is 36.4 Å². The molecule has 0 unspecified atom stereocenters. The summed E-state index contributed by atoms with van der Waals surface area (Å²) in [7, 11) is 0. The van der Waals surface area contributed by atoms with Gasteiger partial charge in [0.1, 0.15) is 0 Å². The molecule has 0 amide bonds. The summed E-state index contributed by atoms with van der Waals surface area (Å²) in [6.45, 7) is 0. The monoisotopic (exact) mass is 500 g/mol. The van der Waals surface area contributed by atoms with Gasteiger partial charge in [0.15, 0.2) is 11.0 Å². The highest BCUT2D eigenvalue weighted by atomic mass is 79.9. The third-order valence-corrected chi connectivity index (χ3v) is 5.94. The highest BCUT2D eigenvalue weighted by Gasteiger charge is 2.16. The molecule has 0 N–H and O–H groups in total. The Balaban J connectivity index is 1.73. The van der Waals surface area contributed by atoms with Crippen LogP contribution in [0.3, 0.4) is 0 Å². The summed E-state index contributed by atoms with van der Waals surface area (Å²) in [6, 6.07) is 20.4. The Kier molecular flexibility index (Phi) is 5.71. The van der Waals surface area contributed by atoms with Gasteiger partial charge in [-0.15, -0.1) is 10.2 Å². The van der Waals surface area contributed by atoms with E-state index in [0.717, 1.165) is 36.9 Å². The van der Waals surface area contributed by atoms with Crippen LogP contribution in [0, 0.1) is 0 Å². The number of halogens is 2. The lowest BCUT2D eigenvalue weighted by molar-refractivity contribution is 0.885. The van der Waals surface area contributed by atoms with Crippen molar-refractivity contribution in [3.63, 3.8) is 0 Å². The van der Waals surface area contributed by atoms with E-state index in [1.165, 1.54) is 5.56 Å². The van der Waals surface area contributed by atoms with Crippen LogP contribution in [0.1, 0.15) is 5.56 Å². The molecule has 0 aliphatic carbocycles. The standard InChI is InChI=1S/C20H14Br2N4S/c21-16-4-6-18(7-5-16)26-19(15-8-10-23-11-9-15)24-25-20(26)27-13-14-2-1-3-17(22)12-14/h1-12H,13H2. The van der Waals surface area contributed by atoms with Crippen molar-refractivity contribution in [3.05, 3.63) is 87.6 Å². The Morgan fingerprint density at radius 2 is 1.63 bits per heavy atom. The zero-order valence-corrected chi connectivity index (χ0v) is 18.1. The van der Waals surface area contributed by atoms with Crippen molar-refractivity contribution in [1.29, 1.82) is 0 Å². The molecule has 0 aliphatic heterocycles. The predicted octanol–water partition coefficient (Wildman–Crippen LogP) is 6.15. The Morgan fingerprint density at radius 1 is 0.852 bits per heavy atom. The maximum atomic E-state index is 4.46. The Labute approximate surface area is 178 Å². The molecule has 0 saturated carbocycles. The minimum atomic E-state index is 0.802. The van der Waals surface area contributed by atoms with Crippen LogP contribution in [0.15, 0.2) is 87.2 Å². The highest BCUT2D eigenvalue weighted by Crippen LogP contribution is 2.30. The molecule has 0 atom stereocenters. The smallest absolute Gasteiger partial charge is 0.196 e. The minimum Gasteiger partial charge on any atom is -0.270 e. The van der Waals surface area contributed by atoms with E-state index < -0.39 is 0 Å². The van der Waals surface area contributed by atoms with Crippen LogP contribution in [0.2, 0.25) is 0 Å². The Hall–Kier alpha value is -1.96. The summed E-state index contributed by atoms with van der Waals surface area (Å²) < 4.78 is 4.20. The number of aromatic nitrogens is 4. The molecule has 2 heterocycles. The molecule has 0 spiro atoms. The number of hydrogen-bond donors (Lipinski definition) is 0. The lowest BCUT2D eigenvalue weighted by Crippen LogP contribution is -1.99. The maximum absolute atomic E-state index is 4.46. The van der Waals surface area contributed by atoms with Crippen molar-refractivity contribution in [1.82, 2.24) is 19.7 Å². The summed E-state index contributed by atoms with van der Waals surface area (Å²) in [6.07, 6.45) is 3.54. The van der Waals surface area contributed by atoms with E-state index in [0.29, 0.717) is 0 Å². The zero-order valence-electron chi connectivity index (χ0n) is 14.1. The second-order valence-electron chi connectivity index (χ2n) is 5.77. The molecule has 2 aromatic heterocycles. The van der Waals surface area contributed by atoms with Crippen LogP contribution in [0.4, 0.5) is 0 Å². The fourth-order valence-corrected chi connectivity index (χ4v) is 4.25. The fourth-order valence-electron chi connectivity index (χ4n) is 2.65. The van der Waals surface area contributed by atoms with Gasteiger partial charge in [0.2, 0.25) is 0 Å². The van der Waals surface area contributed by atoms with Gasteiger partial charge in [-0.1, -0.05) is 55.8 Å². The minimum absolute atomic E-state index is 0.802. The second kappa shape index (κ2) is 8.37. The lowest BCUT2D eigenvalue weighted by atomic mass is 10.2. The van der Waals surface area contributed by atoms with Gasteiger partial charge in [-0.05, 0) is 54.1 Å². The SMILES string of the molecule is Brc1ccc(-n2c(SCc3cccc(Br)c3)nnc2-c2ccncc2)cc1. The number of nitrogens with zero attached hydrogens (tertiary/aromatic N) is 4. The van der Waals surface area contributed by atoms with Crippen LogP contribution in [-0.2, 0) is 5.75 Å². The molecular formula is C20H14Br2N4S. The van der Waals surface area contributed by atoms with Gasteiger partial charge >= 0.3 is 0 Å². The zero-order chi connectivity index (χ0) is 18.6. The van der Waals surface area contributed by atoms with Crippen molar-refractivity contribution < 1.29 is 0 Å². The molecule has 134 valence electrons. The van der Waals surface area contributed by atoms with Crippen LogP contribution in [0.25, 0.3) is 17.1 Å². The predicted molar refractivity (Wildman–Crippen MR) is 116 cm³/mol. The number of rotatable bonds is 5. The van der Waals surface area contributed by atoms with Gasteiger partial charge in [-0.25, -0.2) is 0 Å². The summed E-state index contributed by atoms with van der Waals surface area (Å²) >= 11 is 8.69. The first-order valence-electron chi connectivity index (χ1n) is 8.20. The largest absolute Gasteiger partial charge is 0.270 e. The number of thioether (sulfide) groups is 1. The fraction of sp³-hybridized carbons (Fsp3) is 0.0500. The summed E-state index contributed by atoms with van der Waals surface area (Å²) in [5.41, 5.74) is 3.23. The first-order valence-corrected chi connectivity index (χ1v) is 10.8. The maximum Gasteiger partial charge on any atom is 0.196 e. The van der Waals surface area contributed by atoms with Gasteiger partial charge in [0, 0.05) is 38.3 Å². The van der Waals surface area contributed by atoms with Crippen LogP contribution >= 0.6 is 43.6 Å². The van der Waals surface area contributed by atoms with Gasteiger partial charge in [-0.2, -0.15) is 0 Å². The van der Waals surface area contributed by atoms with E-state index in [9.17, 15) is 0 Å². The quantitative estimate of drug-likeness (QED) is 0.308. The van der Waals surface area contributed by atoms with Crippen LogP contribution in [0.5, 0.6) is 0 Å². The molecular weight excluding hydrogens is 488 g/mol. The summed E-state index contributed by atoms with van der Waals surface area (Å²) in [5, 5.41) is 9.77. The third kappa shape index (κ3) is 4.31. The lowest BCUT2D eigenvalue weighted by Gasteiger charge is -2.10. The highest BCUT2D eigenvalue weighted by molar-refractivity contribution is 9.10. The van der Waals surface area contributed by atoms with E-state index in [1.54, 1.807) is 24.2 Å². The molecule has 0 radical (unpaired) electrons. The Bertz CT molecular complexity index is 1050. The average molecular weight is 502 g/mol. The molecule has 7 heteroatoms. The molecule has 4 aromatic rings. The molecule has 4 rings (SSSR count). The van der Waals surface area contributed by atoms with Gasteiger partial charge < -0.3 is 0 Å². The van der Waals surface area contributed by atoms with E-state index in [2.05, 4.69) is 75.9 Å². The van der Waals surface area contributed by atoms with Gasteiger partial charge in [0.05, 0.1) is 0 Å². The van der Waals surface area contributed by atoms with Crippen molar-refractivity contribution >= 4 is 43.6 Å². The van der Waals surface area contributed by atoms with E-state index in [-0.39, 0.29) is 0 Å². The van der Waals surface area contributed by atoms with Crippen molar-refractivity contribution in [2.24, 2.45) is 0 Å². The van der Waals surface area contributed by atoms with Crippen LogP contribution in [-0.4, -0.2) is 19.7 Å². The molecule has 0 saturated heterocycles. The van der Waals surface area contributed by atoms with Crippen molar-refractivity contribution in [2.45, 2.75) is 10.9 Å². The topological polar surface area (TPSA) is 43.6 Å². The molecule has 0 bridgehead atoms.